The molecule has 9 nitrogen and oxygen atoms in total. The summed E-state index contributed by atoms with van der Waals surface area (Å²) in [6.45, 7) is 0. The van der Waals surface area contributed by atoms with Crippen molar-refractivity contribution in [1.29, 1.82) is 0 Å². The molecule has 0 bridgehead atoms. The first-order valence-corrected chi connectivity index (χ1v) is 15.9. The Bertz CT molecular complexity index is 2310. The van der Waals surface area contributed by atoms with E-state index in [1.54, 1.807) is 31.4 Å². The maximum atomic E-state index is 13.8. The molecular weight excluding hydrogens is 614 g/mol. The Kier molecular flexibility index (Phi) is 8.42. The lowest BCUT2D eigenvalue weighted by Gasteiger charge is -2.39. The second-order valence-corrected chi connectivity index (χ2v) is 11.8. The van der Waals surface area contributed by atoms with Gasteiger partial charge in [0.1, 0.15) is 6.04 Å². The number of benzene rings is 4. The van der Waals surface area contributed by atoms with E-state index >= 15 is 0 Å². The van der Waals surface area contributed by atoms with Crippen LogP contribution in [0.1, 0.15) is 22.3 Å². The number of esters is 1. The van der Waals surface area contributed by atoms with Gasteiger partial charge in [0.15, 0.2) is 0 Å². The number of aromatic nitrogens is 4. The number of fused-ring (bicyclic) bond motifs is 2. The van der Waals surface area contributed by atoms with E-state index in [-0.39, 0.29) is 6.42 Å². The smallest absolute Gasteiger partial charge is 0.335 e. The van der Waals surface area contributed by atoms with Gasteiger partial charge >= 0.3 is 11.7 Å². The summed E-state index contributed by atoms with van der Waals surface area (Å²) in [5, 5.41) is 4.82. The summed E-state index contributed by atoms with van der Waals surface area (Å²) < 4.78 is 7.96. The molecule has 0 amide bonds. The van der Waals surface area contributed by atoms with Gasteiger partial charge in [0, 0.05) is 24.8 Å². The molecule has 0 aliphatic heterocycles. The van der Waals surface area contributed by atoms with Crippen LogP contribution in [0.2, 0.25) is 0 Å². The number of ether oxygens (including phenoxy) is 1. The van der Waals surface area contributed by atoms with Gasteiger partial charge in [-0.25, -0.2) is 9.36 Å². The fourth-order valence-electron chi connectivity index (χ4n) is 6.71. The molecule has 1 atom stereocenters. The summed E-state index contributed by atoms with van der Waals surface area (Å²) in [7, 11) is 2.99. The second-order valence-electron chi connectivity index (χ2n) is 11.8. The summed E-state index contributed by atoms with van der Waals surface area (Å²) in [4.78, 5) is 49.8. The van der Waals surface area contributed by atoms with Crippen molar-refractivity contribution in [2.24, 2.45) is 7.05 Å². The van der Waals surface area contributed by atoms with Gasteiger partial charge < -0.3 is 4.74 Å². The third kappa shape index (κ3) is 5.50. The lowest BCUT2D eigenvalue weighted by molar-refractivity contribution is -0.143. The number of methoxy groups -OCH3 is 1. The van der Waals surface area contributed by atoms with Crippen molar-refractivity contribution in [3.05, 3.63) is 183 Å². The van der Waals surface area contributed by atoms with Crippen LogP contribution in [0.25, 0.3) is 27.5 Å². The molecule has 0 radical (unpaired) electrons. The lowest BCUT2D eigenvalue weighted by Crippen LogP contribution is -2.53. The third-order valence-electron chi connectivity index (χ3n) is 9.07. The zero-order valence-electron chi connectivity index (χ0n) is 27.0. The number of carbonyl (C=O) groups excluding carboxylic acids is 1. The number of nitrogens with one attached hydrogen (secondary N) is 1. The van der Waals surface area contributed by atoms with Crippen LogP contribution < -0.4 is 16.6 Å². The SMILES string of the molecule is COC(=O)[C@H](Cc1ccc(-n2c(=O)c3ccncc3n(C)c2=O)c2ncccc12)NC(c1ccccc1)(c1ccccc1)c1ccccc1. The van der Waals surface area contributed by atoms with Crippen molar-refractivity contribution >= 4 is 27.8 Å². The van der Waals surface area contributed by atoms with Crippen molar-refractivity contribution in [1.82, 2.24) is 24.4 Å². The van der Waals surface area contributed by atoms with Gasteiger partial charge in [0.2, 0.25) is 0 Å². The molecule has 4 aromatic carbocycles. The molecule has 0 unspecified atom stereocenters. The molecule has 3 heterocycles. The van der Waals surface area contributed by atoms with Crippen LogP contribution in [0.15, 0.2) is 150 Å². The number of pyridine rings is 2. The Morgan fingerprint density at radius 2 is 1.39 bits per heavy atom. The summed E-state index contributed by atoms with van der Waals surface area (Å²) in [6, 6.07) is 38.1. The van der Waals surface area contributed by atoms with E-state index in [0.29, 0.717) is 27.5 Å². The molecule has 0 aliphatic rings. The van der Waals surface area contributed by atoms with Crippen LogP contribution in [-0.2, 0) is 28.5 Å². The highest BCUT2D eigenvalue weighted by molar-refractivity contribution is 5.90. The molecule has 0 saturated carbocycles. The quantitative estimate of drug-likeness (QED) is 0.167. The number of rotatable bonds is 9. The minimum atomic E-state index is -0.934. The van der Waals surface area contributed by atoms with Crippen LogP contribution in [0, 0.1) is 0 Å². The number of aryl methyl sites for hydroxylation is 1. The van der Waals surface area contributed by atoms with Crippen LogP contribution in [0.5, 0.6) is 0 Å². The molecule has 0 spiro atoms. The summed E-state index contributed by atoms with van der Waals surface area (Å²) in [5.41, 5.74) is 2.96. The molecule has 242 valence electrons. The largest absolute Gasteiger partial charge is 0.468 e. The van der Waals surface area contributed by atoms with E-state index in [0.717, 1.165) is 26.8 Å². The first-order chi connectivity index (χ1) is 23.9. The fraction of sp³-hybridized carbons (Fsp3) is 0.125. The first-order valence-electron chi connectivity index (χ1n) is 15.9. The van der Waals surface area contributed by atoms with Crippen LogP contribution >= 0.6 is 0 Å². The highest BCUT2D eigenvalue weighted by Crippen LogP contribution is 2.38. The van der Waals surface area contributed by atoms with Crippen molar-refractivity contribution in [3.8, 4) is 5.69 Å². The molecule has 49 heavy (non-hydrogen) atoms. The number of nitrogens with zero attached hydrogens (tertiary/aromatic N) is 4. The molecule has 1 N–H and O–H groups in total. The van der Waals surface area contributed by atoms with Gasteiger partial charge in [0.05, 0.1) is 41.0 Å². The van der Waals surface area contributed by atoms with E-state index < -0.39 is 28.8 Å². The third-order valence-corrected chi connectivity index (χ3v) is 9.07. The van der Waals surface area contributed by atoms with E-state index in [2.05, 4.69) is 15.3 Å². The Morgan fingerprint density at radius 1 is 0.776 bits per heavy atom. The Labute approximate surface area is 282 Å². The molecule has 9 heteroatoms. The van der Waals surface area contributed by atoms with Gasteiger partial charge in [-0.3, -0.25) is 29.4 Å². The molecule has 7 aromatic rings. The van der Waals surface area contributed by atoms with Crippen molar-refractivity contribution in [2.75, 3.05) is 7.11 Å². The number of carbonyl (C=O) groups is 1. The van der Waals surface area contributed by atoms with Gasteiger partial charge in [0.25, 0.3) is 5.56 Å². The standard InChI is InChI=1S/C40H33N5O4/c1-44-35-26-41-24-22-32(35)37(46)45(39(44)48)34-21-20-27(31-19-12-23-42-36(31)34)25-33(38(47)49-2)43-40(28-13-6-3-7-14-28,29-15-8-4-9-16-29)30-17-10-5-11-18-30/h3-24,26,33,43H,25H2,1-2H3/t33-/m0/s1. The topological polar surface area (TPSA) is 108 Å². The van der Waals surface area contributed by atoms with Crippen LogP contribution in [0.3, 0.4) is 0 Å². The molecule has 7 rings (SSSR count). The van der Waals surface area contributed by atoms with Crippen LogP contribution in [-0.4, -0.2) is 38.2 Å². The Morgan fingerprint density at radius 3 is 1.98 bits per heavy atom. The zero-order valence-corrected chi connectivity index (χ0v) is 27.0. The van der Waals surface area contributed by atoms with Crippen molar-refractivity contribution in [2.45, 2.75) is 18.0 Å². The zero-order chi connectivity index (χ0) is 34.0. The average molecular weight is 648 g/mol. The highest BCUT2D eigenvalue weighted by Gasteiger charge is 2.40. The number of hydrogen-bond donors (Lipinski definition) is 1. The van der Waals surface area contributed by atoms with Crippen molar-refractivity contribution < 1.29 is 9.53 Å². The van der Waals surface area contributed by atoms with Gasteiger partial charge in [-0.1, -0.05) is 103 Å². The van der Waals surface area contributed by atoms with E-state index in [1.807, 2.05) is 103 Å². The lowest BCUT2D eigenvalue weighted by atomic mass is 9.76. The minimum Gasteiger partial charge on any atom is -0.468 e. The Balaban J connectivity index is 1.40. The average Bonchev–Trinajstić information content (AvgIpc) is 3.17. The molecule has 3 aromatic heterocycles. The van der Waals surface area contributed by atoms with Crippen molar-refractivity contribution in [3.63, 3.8) is 0 Å². The number of hydrogen-bond acceptors (Lipinski definition) is 7. The molecular formula is C40H33N5O4. The predicted octanol–water partition coefficient (Wildman–Crippen LogP) is 5.30. The highest BCUT2D eigenvalue weighted by atomic mass is 16.5. The summed E-state index contributed by atoms with van der Waals surface area (Å²) in [6.07, 6.45) is 4.87. The molecule has 0 saturated heterocycles. The maximum absolute atomic E-state index is 13.8. The predicted molar refractivity (Wildman–Crippen MR) is 190 cm³/mol. The van der Waals surface area contributed by atoms with E-state index in [9.17, 15) is 14.4 Å². The Hall–Kier alpha value is -6.19. The van der Waals surface area contributed by atoms with E-state index in [4.69, 9.17) is 4.74 Å². The molecule has 0 aliphatic carbocycles. The first kappa shape index (κ1) is 31.4. The normalized spacial score (nSPS) is 12.2. The second kappa shape index (κ2) is 13.1. The maximum Gasteiger partial charge on any atom is 0.335 e. The fourth-order valence-corrected chi connectivity index (χ4v) is 6.71. The summed E-state index contributed by atoms with van der Waals surface area (Å²) >= 11 is 0. The molecule has 0 fully saturated rings. The summed E-state index contributed by atoms with van der Waals surface area (Å²) in [5.74, 6) is -0.443. The minimum absolute atomic E-state index is 0.222. The van der Waals surface area contributed by atoms with E-state index in [1.165, 1.54) is 24.1 Å². The van der Waals surface area contributed by atoms with Gasteiger partial charge in [-0.05, 0) is 46.9 Å². The monoisotopic (exact) mass is 647 g/mol. The van der Waals surface area contributed by atoms with Gasteiger partial charge in [-0.15, -0.1) is 0 Å². The van der Waals surface area contributed by atoms with Crippen LogP contribution in [0.4, 0.5) is 0 Å². The van der Waals surface area contributed by atoms with Gasteiger partial charge in [-0.2, -0.15) is 0 Å².